The number of hydrogen-bond donors (Lipinski definition) is 2. The van der Waals surface area contributed by atoms with Gasteiger partial charge in [0.05, 0.1) is 6.10 Å². The molecule has 0 radical (unpaired) electrons. The minimum absolute atomic E-state index is 0. The molecule has 0 unspecified atom stereocenters. The fourth-order valence-corrected chi connectivity index (χ4v) is 2.80. The Hall–Kier alpha value is -0.0400. The molecule has 4 nitrogen and oxygen atoms in total. The largest absolute Gasteiger partial charge is 0.378 e. The minimum atomic E-state index is 0. The standard InChI is InChI=1S/C17H33N3O.HI/c1-2-18-17(20-15-11-12-15)19-13-7-8-14-21-16-9-5-3-4-6-10-16;/h15-16H,2-14H2,1H3,(H2,18,19,20);1H. The van der Waals surface area contributed by atoms with Gasteiger partial charge in [-0.15, -0.1) is 24.0 Å². The number of hydrogen-bond acceptors (Lipinski definition) is 2. The molecule has 2 aliphatic rings. The third-order valence-electron chi connectivity index (χ3n) is 4.24. The molecule has 0 aliphatic heterocycles. The third kappa shape index (κ3) is 9.18. The highest BCUT2D eigenvalue weighted by Crippen LogP contribution is 2.20. The highest BCUT2D eigenvalue weighted by Gasteiger charge is 2.21. The van der Waals surface area contributed by atoms with Crippen LogP contribution in [0.4, 0.5) is 0 Å². The second-order valence-electron chi connectivity index (χ2n) is 6.37. The zero-order chi connectivity index (χ0) is 14.8. The van der Waals surface area contributed by atoms with Gasteiger partial charge in [-0.25, -0.2) is 0 Å². The van der Waals surface area contributed by atoms with Gasteiger partial charge in [0.25, 0.3) is 0 Å². The van der Waals surface area contributed by atoms with E-state index in [1.807, 2.05) is 0 Å². The van der Waals surface area contributed by atoms with Crippen LogP contribution in [0.25, 0.3) is 0 Å². The molecule has 2 fully saturated rings. The van der Waals surface area contributed by atoms with Crippen LogP contribution in [0.2, 0.25) is 0 Å². The van der Waals surface area contributed by atoms with E-state index < -0.39 is 0 Å². The summed E-state index contributed by atoms with van der Waals surface area (Å²) in [6, 6.07) is 0.668. The van der Waals surface area contributed by atoms with E-state index in [4.69, 9.17) is 4.74 Å². The molecule has 0 aromatic carbocycles. The second kappa shape index (κ2) is 12.4. The molecule has 0 aromatic rings. The van der Waals surface area contributed by atoms with Crippen molar-refractivity contribution in [3.05, 3.63) is 0 Å². The minimum Gasteiger partial charge on any atom is -0.378 e. The SMILES string of the molecule is CCNC(=NCCCCOC1CCCCCC1)NC1CC1.I. The van der Waals surface area contributed by atoms with Crippen LogP contribution < -0.4 is 10.6 Å². The van der Waals surface area contributed by atoms with Crippen molar-refractivity contribution in [1.82, 2.24) is 10.6 Å². The Morgan fingerprint density at radius 3 is 2.41 bits per heavy atom. The van der Waals surface area contributed by atoms with Gasteiger partial charge in [0.15, 0.2) is 5.96 Å². The van der Waals surface area contributed by atoms with Crippen molar-refractivity contribution < 1.29 is 4.74 Å². The maximum Gasteiger partial charge on any atom is 0.191 e. The molecule has 0 amide bonds. The summed E-state index contributed by atoms with van der Waals surface area (Å²) >= 11 is 0. The van der Waals surface area contributed by atoms with Gasteiger partial charge in [-0.2, -0.15) is 0 Å². The van der Waals surface area contributed by atoms with Gasteiger partial charge in [0.2, 0.25) is 0 Å². The number of halogens is 1. The topological polar surface area (TPSA) is 45.7 Å². The van der Waals surface area contributed by atoms with Crippen LogP contribution in [0, 0.1) is 0 Å². The smallest absolute Gasteiger partial charge is 0.191 e. The molecule has 2 saturated carbocycles. The van der Waals surface area contributed by atoms with Crippen LogP contribution in [-0.2, 0) is 4.74 Å². The molecule has 0 aromatic heterocycles. The summed E-state index contributed by atoms with van der Waals surface area (Å²) in [7, 11) is 0. The average Bonchev–Trinajstić information content (AvgIpc) is 3.30. The first kappa shape index (κ1) is 20.0. The first-order chi connectivity index (χ1) is 10.4. The fourth-order valence-electron chi connectivity index (χ4n) is 2.80. The van der Waals surface area contributed by atoms with Crippen LogP contribution in [0.3, 0.4) is 0 Å². The van der Waals surface area contributed by atoms with Gasteiger partial charge in [-0.1, -0.05) is 25.7 Å². The summed E-state index contributed by atoms with van der Waals surface area (Å²) in [5.74, 6) is 0.990. The highest BCUT2D eigenvalue weighted by atomic mass is 127. The lowest BCUT2D eigenvalue weighted by atomic mass is 10.1. The van der Waals surface area contributed by atoms with E-state index in [1.165, 1.54) is 51.4 Å². The van der Waals surface area contributed by atoms with Crippen molar-refractivity contribution in [3.8, 4) is 0 Å². The molecule has 0 saturated heterocycles. The van der Waals surface area contributed by atoms with Crippen molar-refractivity contribution in [1.29, 1.82) is 0 Å². The molecule has 0 spiro atoms. The summed E-state index contributed by atoms with van der Waals surface area (Å²) in [6.45, 7) is 4.86. The lowest BCUT2D eigenvalue weighted by Crippen LogP contribution is -2.38. The Bertz CT molecular complexity index is 300. The Balaban J connectivity index is 0.00000242. The Morgan fingerprint density at radius 1 is 1.05 bits per heavy atom. The van der Waals surface area contributed by atoms with Gasteiger partial charge >= 0.3 is 0 Å². The van der Waals surface area contributed by atoms with Gasteiger partial charge < -0.3 is 15.4 Å². The predicted molar refractivity (Wildman–Crippen MR) is 104 cm³/mol. The average molecular weight is 423 g/mol. The summed E-state index contributed by atoms with van der Waals surface area (Å²) in [4.78, 5) is 4.63. The second-order valence-corrected chi connectivity index (χ2v) is 6.37. The molecule has 2 aliphatic carbocycles. The highest BCUT2D eigenvalue weighted by molar-refractivity contribution is 14.0. The fraction of sp³-hybridized carbons (Fsp3) is 0.941. The van der Waals surface area contributed by atoms with Crippen LogP contribution >= 0.6 is 24.0 Å². The van der Waals surface area contributed by atoms with E-state index in [1.54, 1.807) is 0 Å². The van der Waals surface area contributed by atoms with Crippen molar-refractivity contribution in [2.45, 2.75) is 83.3 Å². The molecule has 0 heterocycles. The number of unbranched alkanes of at least 4 members (excludes halogenated alkanes) is 1. The van der Waals surface area contributed by atoms with Gasteiger partial charge in [0, 0.05) is 25.7 Å². The summed E-state index contributed by atoms with van der Waals surface area (Å²) < 4.78 is 6.01. The molecule has 0 atom stereocenters. The van der Waals surface area contributed by atoms with Crippen LogP contribution in [0.15, 0.2) is 4.99 Å². The zero-order valence-electron chi connectivity index (χ0n) is 14.1. The zero-order valence-corrected chi connectivity index (χ0v) is 16.4. The molecular weight excluding hydrogens is 389 g/mol. The Morgan fingerprint density at radius 2 is 1.77 bits per heavy atom. The summed E-state index contributed by atoms with van der Waals surface area (Å²) in [5.41, 5.74) is 0. The molecule has 5 heteroatoms. The van der Waals surface area contributed by atoms with Crippen LogP contribution in [0.5, 0.6) is 0 Å². The maximum atomic E-state index is 6.01. The monoisotopic (exact) mass is 423 g/mol. The molecule has 130 valence electrons. The third-order valence-corrected chi connectivity index (χ3v) is 4.24. The number of rotatable bonds is 8. The number of nitrogens with zero attached hydrogens (tertiary/aromatic N) is 1. The van der Waals surface area contributed by atoms with E-state index in [-0.39, 0.29) is 24.0 Å². The Kier molecular flexibility index (Phi) is 11.3. The molecular formula is C17H34IN3O. The van der Waals surface area contributed by atoms with Gasteiger partial charge in [0.1, 0.15) is 0 Å². The number of ether oxygens (including phenoxy) is 1. The number of aliphatic imine (C=N–C) groups is 1. The number of guanidine groups is 1. The molecule has 0 bridgehead atoms. The van der Waals surface area contributed by atoms with Crippen LogP contribution in [0.1, 0.15) is 71.1 Å². The van der Waals surface area contributed by atoms with Crippen LogP contribution in [-0.4, -0.2) is 37.8 Å². The molecule has 22 heavy (non-hydrogen) atoms. The van der Waals surface area contributed by atoms with Crippen molar-refractivity contribution in [3.63, 3.8) is 0 Å². The predicted octanol–water partition coefficient (Wildman–Crippen LogP) is 3.84. The molecule has 2 rings (SSSR count). The van der Waals surface area contributed by atoms with Gasteiger partial charge in [-0.3, -0.25) is 4.99 Å². The van der Waals surface area contributed by atoms with E-state index in [0.717, 1.165) is 38.5 Å². The van der Waals surface area contributed by atoms with E-state index in [0.29, 0.717) is 12.1 Å². The van der Waals surface area contributed by atoms with E-state index in [2.05, 4.69) is 22.5 Å². The first-order valence-corrected chi connectivity index (χ1v) is 9.05. The van der Waals surface area contributed by atoms with E-state index in [9.17, 15) is 0 Å². The Labute approximate surface area is 153 Å². The van der Waals surface area contributed by atoms with Gasteiger partial charge in [-0.05, 0) is 45.4 Å². The maximum absolute atomic E-state index is 6.01. The van der Waals surface area contributed by atoms with E-state index >= 15 is 0 Å². The lowest BCUT2D eigenvalue weighted by molar-refractivity contribution is 0.0413. The lowest BCUT2D eigenvalue weighted by Gasteiger charge is -2.15. The summed E-state index contributed by atoms with van der Waals surface area (Å²) in [6.07, 6.45) is 13.4. The number of nitrogens with one attached hydrogen (secondary N) is 2. The quantitative estimate of drug-likeness (QED) is 0.205. The normalized spacial score (nSPS) is 20.1. The van der Waals surface area contributed by atoms with Crippen molar-refractivity contribution in [2.24, 2.45) is 4.99 Å². The summed E-state index contributed by atoms with van der Waals surface area (Å²) in [5, 5.41) is 6.76. The first-order valence-electron chi connectivity index (χ1n) is 9.05. The van der Waals surface area contributed by atoms with Crippen molar-refractivity contribution >= 4 is 29.9 Å². The molecule has 2 N–H and O–H groups in total. The van der Waals surface area contributed by atoms with Crippen molar-refractivity contribution in [2.75, 3.05) is 19.7 Å².